The number of nitrogens with zero attached hydrogens (tertiary/aromatic N) is 2. The molecule has 5 atom stereocenters. The summed E-state index contributed by atoms with van der Waals surface area (Å²) in [6, 6.07) is -2.39. The van der Waals surface area contributed by atoms with E-state index in [0.29, 0.717) is 5.01 Å². The third-order valence-electron chi connectivity index (χ3n) is 2.91. The summed E-state index contributed by atoms with van der Waals surface area (Å²) in [5.74, 6) is -2.04. The second kappa shape index (κ2) is 5.75. The Kier molecular flexibility index (Phi) is 4.76. The Bertz CT molecular complexity index is 351. The molecule has 1 heterocycles. The summed E-state index contributed by atoms with van der Waals surface area (Å²) >= 11 is 0. The van der Waals surface area contributed by atoms with Crippen LogP contribution in [0.25, 0.3) is 0 Å². The van der Waals surface area contributed by atoms with Crippen LogP contribution in [0.15, 0.2) is 5.29 Å². The van der Waals surface area contributed by atoms with E-state index in [0.717, 1.165) is 14.0 Å². The Hall–Kier alpha value is -1.33. The van der Waals surface area contributed by atoms with Gasteiger partial charge in [0, 0.05) is 7.05 Å². The van der Waals surface area contributed by atoms with Gasteiger partial charge in [0.15, 0.2) is 5.79 Å². The lowest BCUT2D eigenvalue weighted by molar-refractivity contribution is -0.309. The van der Waals surface area contributed by atoms with E-state index in [-0.39, 0.29) is 0 Å². The van der Waals surface area contributed by atoms with Gasteiger partial charge in [-0.15, -0.1) is 4.91 Å². The lowest BCUT2D eigenvalue weighted by Gasteiger charge is -2.46. The van der Waals surface area contributed by atoms with Crippen LogP contribution in [-0.2, 0) is 4.74 Å². The van der Waals surface area contributed by atoms with Crippen molar-refractivity contribution in [2.24, 2.45) is 5.29 Å². The predicted molar refractivity (Wildman–Crippen MR) is 60.5 cm³/mol. The summed E-state index contributed by atoms with van der Waals surface area (Å²) in [7, 11) is 1.07. The zero-order chi connectivity index (χ0) is 14.8. The number of nitroso groups, excluding NO2 is 1. The largest absolute Gasteiger partial charge is 0.394 e. The third kappa shape index (κ3) is 3.16. The highest BCUT2D eigenvalue weighted by Crippen LogP contribution is 2.27. The lowest BCUT2D eigenvalue weighted by Crippen LogP contribution is -2.69. The van der Waals surface area contributed by atoms with Crippen LogP contribution in [0.4, 0.5) is 4.79 Å². The van der Waals surface area contributed by atoms with Crippen molar-refractivity contribution >= 4 is 6.03 Å². The van der Waals surface area contributed by atoms with E-state index >= 15 is 0 Å². The zero-order valence-electron chi connectivity index (χ0n) is 10.4. The molecule has 19 heavy (non-hydrogen) atoms. The quantitative estimate of drug-likeness (QED) is 0.283. The molecule has 2 unspecified atom stereocenters. The molecule has 0 aromatic rings. The predicted octanol–water partition coefficient (Wildman–Crippen LogP) is -2.50. The fourth-order valence-corrected chi connectivity index (χ4v) is 1.81. The molecule has 0 aliphatic carbocycles. The summed E-state index contributed by atoms with van der Waals surface area (Å²) in [6.07, 6.45) is -4.30. The van der Waals surface area contributed by atoms with Gasteiger partial charge in [-0.1, -0.05) is 0 Å². The van der Waals surface area contributed by atoms with E-state index < -0.39 is 42.8 Å². The normalized spacial score (nSPS) is 38.6. The minimum absolute atomic E-state index is 0.410. The molecule has 0 spiro atoms. The highest BCUT2D eigenvalue weighted by molar-refractivity contribution is 5.74. The second-order valence-corrected chi connectivity index (χ2v) is 4.41. The molecule has 5 N–H and O–H groups in total. The number of ether oxygens (including phenoxy) is 1. The first-order valence-corrected chi connectivity index (χ1v) is 5.49. The van der Waals surface area contributed by atoms with Crippen LogP contribution in [0.1, 0.15) is 6.92 Å². The average molecular weight is 279 g/mol. The number of amides is 2. The molecule has 10 nitrogen and oxygen atoms in total. The van der Waals surface area contributed by atoms with Gasteiger partial charge in [0.05, 0.1) is 11.9 Å². The van der Waals surface area contributed by atoms with Gasteiger partial charge in [-0.25, -0.2) is 4.79 Å². The van der Waals surface area contributed by atoms with Crippen molar-refractivity contribution in [3.05, 3.63) is 4.91 Å². The van der Waals surface area contributed by atoms with Crippen molar-refractivity contribution < 1.29 is 30.0 Å². The second-order valence-electron chi connectivity index (χ2n) is 4.41. The van der Waals surface area contributed by atoms with E-state index in [1.165, 1.54) is 0 Å². The molecule has 2 amide bonds. The van der Waals surface area contributed by atoms with E-state index in [1.54, 1.807) is 0 Å². The summed E-state index contributed by atoms with van der Waals surface area (Å²) in [5, 5.41) is 43.3. The summed E-state index contributed by atoms with van der Waals surface area (Å²) < 4.78 is 4.99. The van der Waals surface area contributed by atoms with Crippen molar-refractivity contribution in [3.8, 4) is 0 Å². The fourth-order valence-electron chi connectivity index (χ4n) is 1.81. The van der Waals surface area contributed by atoms with E-state index in [1.807, 2.05) is 0 Å². The Morgan fingerprint density at radius 3 is 2.53 bits per heavy atom. The molecule has 1 saturated heterocycles. The standard InChI is InChI=1S/C9H17N3O7/c1-9(17)7(10-8(16)12(2)11-18)6(15)5(14)4(3-13)19-9/h4-7,13-15,17H,3H2,1-2H3,(H,10,16)/t4?,5-,6-,7?,9+/m1/s1. The first-order chi connectivity index (χ1) is 8.74. The Morgan fingerprint density at radius 1 is 1.47 bits per heavy atom. The van der Waals surface area contributed by atoms with E-state index in [4.69, 9.17) is 9.84 Å². The van der Waals surface area contributed by atoms with Gasteiger partial charge in [-0.2, -0.15) is 5.01 Å². The first-order valence-electron chi connectivity index (χ1n) is 5.49. The molecule has 0 bridgehead atoms. The summed E-state index contributed by atoms with van der Waals surface area (Å²) in [5.41, 5.74) is 0. The zero-order valence-corrected chi connectivity index (χ0v) is 10.4. The lowest BCUT2D eigenvalue weighted by atomic mass is 9.91. The number of carbonyl (C=O) groups is 1. The molecule has 10 heteroatoms. The molecule has 110 valence electrons. The molecule has 1 fully saturated rings. The van der Waals surface area contributed by atoms with Gasteiger partial charge in [-0.3, -0.25) is 0 Å². The number of aliphatic hydroxyl groups is 4. The van der Waals surface area contributed by atoms with Crippen LogP contribution >= 0.6 is 0 Å². The van der Waals surface area contributed by atoms with E-state index in [2.05, 4.69) is 10.6 Å². The maximum absolute atomic E-state index is 11.4. The SMILES string of the molecule is CN(N=O)C(=O)NC1[C@H](O)[C@H](O)C(CO)O[C@]1(C)O. The first kappa shape index (κ1) is 15.7. The molecule has 0 saturated carbocycles. The Morgan fingerprint density at radius 2 is 2.05 bits per heavy atom. The summed E-state index contributed by atoms with van der Waals surface area (Å²) in [4.78, 5) is 21.6. The van der Waals surface area contributed by atoms with Gasteiger partial charge in [0.1, 0.15) is 24.4 Å². The van der Waals surface area contributed by atoms with Crippen molar-refractivity contribution in [3.63, 3.8) is 0 Å². The molecule has 0 aromatic heterocycles. The van der Waals surface area contributed by atoms with Crippen LogP contribution in [0.3, 0.4) is 0 Å². The van der Waals surface area contributed by atoms with Crippen LogP contribution in [-0.4, -0.2) is 75.3 Å². The van der Waals surface area contributed by atoms with Crippen molar-refractivity contribution in [1.82, 2.24) is 10.3 Å². The Labute approximate surface area is 108 Å². The molecule has 0 aromatic carbocycles. The highest BCUT2D eigenvalue weighted by Gasteiger charge is 2.51. The molecular weight excluding hydrogens is 262 g/mol. The number of hydrogen-bond acceptors (Lipinski definition) is 8. The van der Waals surface area contributed by atoms with Gasteiger partial charge in [-0.05, 0) is 6.92 Å². The van der Waals surface area contributed by atoms with Crippen molar-refractivity contribution in [1.29, 1.82) is 0 Å². The molecule has 1 aliphatic heterocycles. The maximum Gasteiger partial charge on any atom is 0.340 e. The number of hydrogen-bond donors (Lipinski definition) is 5. The van der Waals surface area contributed by atoms with Crippen molar-refractivity contribution in [2.75, 3.05) is 13.7 Å². The Balaban J connectivity index is 2.86. The van der Waals surface area contributed by atoms with Crippen LogP contribution < -0.4 is 5.32 Å². The third-order valence-corrected chi connectivity index (χ3v) is 2.91. The molecule has 1 aliphatic rings. The molecule has 0 radical (unpaired) electrons. The number of rotatable bonds is 3. The van der Waals surface area contributed by atoms with Gasteiger partial charge in [0.25, 0.3) is 0 Å². The minimum atomic E-state index is -2.04. The van der Waals surface area contributed by atoms with Crippen LogP contribution in [0, 0.1) is 4.91 Å². The minimum Gasteiger partial charge on any atom is -0.394 e. The fraction of sp³-hybridized carbons (Fsp3) is 0.889. The molecular formula is C9H17N3O7. The maximum atomic E-state index is 11.4. The highest BCUT2D eigenvalue weighted by atomic mass is 16.6. The van der Waals surface area contributed by atoms with Gasteiger partial charge >= 0.3 is 6.03 Å². The van der Waals surface area contributed by atoms with Crippen molar-refractivity contribution in [2.45, 2.75) is 37.1 Å². The van der Waals surface area contributed by atoms with Crippen LogP contribution in [0.5, 0.6) is 0 Å². The number of urea groups is 1. The smallest absolute Gasteiger partial charge is 0.340 e. The average Bonchev–Trinajstić information content (AvgIpc) is 2.37. The van der Waals surface area contributed by atoms with Gasteiger partial charge < -0.3 is 30.5 Å². The molecule has 1 rings (SSSR count). The van der Waals surface area contributed by atoms with Gasteiger partial charge in [0.2, 0.25) is 0 Å². The number of carbonyl (C=O) groups excluding carboxylic acids is 1. The number of nitrogens with one attached hydrogen (secondary N) is 1. The van der Waals surface area contributed by atoms with E-state index in [9.17, 15) is 25.0 Å². The topological polar surface area (TPSA) is 152 Å². The number of aliphatic hydroxyl groups excluding tert-OH is 3. The summed E-state index contributed by atoms with van der Waals surface area (Å²) in [6.45, 7) is 0.523. The van der Waals surface area contributed by atoms with Crippen LogP contribution in [0.2, 0.25) is 0 Å². The monoisotopic (exact) mass is 279 g/mol.